The van der Waals surface area contributed by atoms with Gasteiger partial charge in [-0.3, -0.25) is 0 Å². The molecule has 0 radical (unpaired) electrons. The van der Waals surface area contributed by atoms with Gasteiger partial charge >= 0.3 is 5.97 Å². The lowest BCUT2D eigenvalue weighted by Gasteiger charge is -2.38. The number of ether oxygens (including phenoxy) is 1. The first-order valence-electron chi connectivity index (χ1n) is 9.44. The number of thiophene rings is 1. The van der Waals surface area contributed by atoms with Crippen LogP contribution in [-0.4, -0.2) is 25.7 Å². The summed E-state index contributed by atoms with van der Waals surface area (Å²) in [6.45, 7) is 9.96. The molecule has 1 aromatic rings. The molecule has 0 N–H and O–H groups in total. The van der Waals surface area contributed by atoms with Crippen LogP contribution >= 0.6 is 11.3 Å². The molecule has 1 saturated carbocycles. The molecule has 1 unspecified atom stereocenters. The Kier molecular flexibility index (Phi) is 7.15. The Bertz CT molecular complexity index is 532. The van der Waals surface area contributed by atoms with E-state index in [1.165, 1.54) is 50.6 Å². The van der Waals surface area contributed by atoms with E-state index in [0.717, 1.165) is 29.5 Å². The summed E-state index contributed by atoms with van der Waals surface area (Å²) < 4.78 is 4.90. The first-order chi connectivity index (χ1) is 11.5. The minimum atomic E-state index is -0.219. The van der Waals surface area contributed by atoms with Crippen molar-refractivity contribution in [3.05, 3.63) is 16.5 Å². The topological polar surface area (TPSA) is 29.5 Å². The Hall–Kier alpha value is -1.03. The molecule has 1 fully saturated rings. The van der Waals surface area contributed by atoms with E-state index in [9.17, 15) is 4.79 Å². The Morgan fingerprint density at radius 3 is 2.54 bits per heavy atom. The molecule has 1 aromatic heterocycles. The van der Waals surface area contributed by atoms with Gasteiger partial charge in [-0.1, -0.05) is 20.3 Å². The molecule has 0 bridgehead atoms. The maximum atomic E-state index is 11.9. The van der Waals surface area contributed by atoms with Gasteiger partial charge in [0.2, 0.25) is 0 Å². The molecule has 0 spiro atoms. The number of carbonyl (C=O) groups excluding carboxylic acids is 1. The molecule has 1 heterocycles. The fraction of sp³-hybridized carbons (Fsp3) is 0.750. The number of hydrogen-bond donors (Lipinski definition) is 0. The monoisotopic (exact) mass is 351 g/mol. The molecule has 0 amide bonds. The molecule has 2 rings (SSSR count). The van der Waals surface area contributed by atoms with Crippen molar-refractivity contribution in [2.75, 3.05) is 18.6 Å². The first-order valence-corrected chi connectivity index (χ1v) is 10.3. The van der Waals surface area contributed by atoms with Gasteiger partial charge in [-0.25, -0.2) is 4.79 Å². The van der Waals surface area contributed by atoms with E-state index in [4.69, 9.17) is 4.74 Å². The highest BCUT2D eigenvalue weighted by molar-refractivity contribution is 7.14. The maximum absolute atomic E-state index is 11.9. The standard InChI is InChI=1S/C20H33NO2S/c1-6-14(3)12-16-8-10-17(11-9-16)21(7-2)19-15(4)18(13-24-19)20(22)23-5/h13-14,16-17H,6-12H2,1-5H3. The van der Waals surface area contributed by atoms with Gasteiger partial charge in [0.25, 0.3) is 0 Å². The van der Waals surface area contributed by atoms with Crippen molar-refractivity contribution in [3.63, 3.8) is 0 Å². The SMILES string of the molecule is CCC(C)CC1CCC(N(CC)c2scc(C(=O)OC)c2C)CC1. The highest BCUT2D eigenvalue weighted by atomic mass is 32.1. The molecule has 1 aliphatic rings. The van der Waals surface area contributed by atoms with Gasteiger partial charge in [-0.2, -0.15) is 0 Å². The van der Waals surface area contributed by atoms with E-state index in [2.05, 4.69) is 32.6 Å². The van der Waals surface area contributed by atoms with Crippen molar-refractivity contribution >= 4 is 22.3 Å². The third-order valence-electron chi connectivity index (χ3n) is 5.71. The zero-order chi connectivity index (χ0) is 17.7. The van der Waals surface area contributed by atoms with Crippen LogP contribution in [0, 0.1) is 18.8 Å². The molecule has 1 atom stereocenters. The molecular formula is C20H33NO2S. The van der Waals surface area contributed by atoms with E-state index >= 15 is 0 Å². The van der Waals surface area contributed by atoms with Gasteiger partial charge in [0.05, 0.1) is 17.7 Å². The van der Waals surface area contributed by atoms with Crippen molar-refractivity contribution < 1.29 is 9.53 Å². The molecule has 0 saturated heterocycles. The molecule has 0 aliphatic heterocycles. The van der Waals surface area contributed by atoms with Crippen LogP contribution in [0.15, 0.2) is 5.38 Å². The number of anilines is 1. The van der Waals surface area contributed by atoms with E-state index in [0.29, 0.717) is 6.04 Å². The Labute approximate surface area is 151 Å². The van der Waals surface area contributed by atoms with Crippen LogP contribution in [0.4, 0.5) is 5.00 Å². The van der Waals surface area contributed by atoms with Gasteiger partial charge in [-0.15, -0.1) is 11.3 Å². The fourth-order valence-electron chi connectivity index (χ4n) is 4.00. The molecule has 3 nitrogen and oxygen atoms in total. The van der Waals surface area contributed by atoms with Crippen LogP contribution in [0.25, 0.3) is 0 Å². The minimum absolute atomic E-state index is 0.219. The molecule has 4 heteroatoms. The van der Waals surface area contributed by atoms with Crippen molar-refractivity contribution in [2.24, 2.45) is 11.8 Å². The third-order valence-corrected chi connectivity index (χ3v) is 6.83. The van der Waals surface area contributed by atoms with Gasteiger partial charge in [0.1, 0.15) is 0 Å². The van der Waals surface area contributed by atoms with Crippen molar-refractivity contribution in [1.29, 1.82) is 0 Å². The van der Waals surface area contributed by atoms with Crippen molar-refractivity contribution in [2.45, 2.75) is 72.3 Å². The van der Waals surface area contributed by atoms with E-state index in [1.54, 1.807) is 11.3 Å². The number of rotatable bonds is 7. The molecular weight excluding hydrogens is 318 g/mol. The van der Waals surface area contributed by atoms with E-state index in [-0.39, 0.29) is 5.97 Å². The summed E-state index contributed by atoms with van der Waals surface area (Å²) in [5.74, 6) is 1.55. The van der Waals surface area contributed by atoms with Crippen molar-refractivity contribution in [1.82, 2.24) is 0 Å². The highest BCUT2D eigenvalue weighted by Crippen LogP contribution is 2.38. The normalized spacial score (nSPS) is 22.2. The van der Waals surface area contributed by atoms with Gasteiger partial charge in [0.15, 0.2) is 0 Å². The van der Waals surface area contributed by atoms with Crippen LogP contribution in [0.5, 0.6) is 0 Å². The molecule has 1 aliphatic carbocycles. The average molecular weight is 352 g/mol. The van der Waals surface area contributed by atoms with E-state index in [1.807, 2.05) is 5.38 Å². The van der Waals surface area contributed by atoms with Crippen molar-refractivity contribution in [3.8, 4) is 0 Å². The lowest BCUT2D eigenvalue weighted by atomic mass is 9.80. The number of nitrogens with zero attached hydrogens (tertiary/aromatic N) is 1. The summed E-state index contributed by atoms with van der Waals surface area (Å²) >= 11 is 1.69. The average Bonchev–Trinajstić information content (AvgIpc) is 2.98. The number of hydrogen-bond acceptors (Lipinski definition) is 4. The number of methoxy groups -OCH3 is 1. The zero-order valence-corrected chi connectivity index (χ0v) is 16.7. The lowest BCUT2D eigenvalue weighted by Crippen LogP contribution is -2.38. The zero-order valence-electron chi connectivity index (χ0n) is 15.9. The second-order valence-electron chi connectivity index (χ2n) is 7.28. The fourth-order valence-corrected chi connectivity index (χ4v) is 5.20. The van der Waals surface area contributed by atoms with Crippen LogP contribution in [0.2, 0.25) is 0 Å². The van der Waals surface area contributed by atoms with Gasteiger partial charge in [0, 0.05) is 18.0 Å². The Morgan fingerprint density at radius 1 is 1.33 bits per heavy atom. The summed E-state index contributed by atoms with van der Waals surface area (Å²) in [5.41, 5.74) is 1.80. The summed E-state index contributed by atoms with van der Waals surface area (Å²) in [5, 5.41) is 3.21. The Morgan fingerprint density at radius 2 is 2.00 bits per heavy atom. The second kappa shape index (κ2) is 8.89. The van der Waals surface area contributed by atoms with Crippen LogP contribution in [0.3, 0.4) is 0 Å². The van der Waals surface area contributed by atoms with Crippen LogP contribution in [-0.2, 0) is 4.74 Å². The lowest BCUT2D eigenvalue weighted by molar-refractivity contribution is 0.0600. The predicted octanol–water partition coefficient (Wildman–Crippen LogP) is 5.66. The molecule has 136 valence electrons. The smallest absolute Gasteiger partial charge is 0.339 e. The predicted molar refractivity (Wildman–Crippen MR) is 103 cm³/mol. The van der Waals surface area contributed by atoms with Crippen LogP contribution < -0.4 is 4.90 Å². The summed E-state index contributed by atoms with van der Waals surface area (Å²) in [6, 6.07) is 0.617. The van der Waals surface area contributed by atoms with Gasteiger partial charge < -0.3 is 9.64 Å². The van der Waals surface area contributed by atoms with E-state index < -0.39 is 0 Å². The van der Waals surface area contributed by atoms with Crippen LogP contribution in [0.1, 0.15) is 75.2 Å². The largest absolute Gasteiger partial charge is 0.465 e. The maximum Gasteiger partial charge on any atom is 0.339 e. The second-order valence-corrected chi connectivity index (χ2v) is 8.14. The molecule has 0 aromatic carbocycles. The minimum Gasteiger partial charge on any atom is -0.465 e. The highest BCUT2D eigenvalue weighted by Gasteiger charge is 2.28. The summed E-state index contributed by atoms with van der Waals surface area (Å²) in [7, 11) is 1.45. The summed E-state index contributed by atoms with van der Waals surface area (Å²) in [4.78, 5) is 14.4. The van der Waals surface area contributed by atoms with Gasteiger partial charge in [-0.05, 0) is 63.4 Å². The number of carbonyl (C=O) groups is 1. The molecule has 24 heavy (non-hydrogen) atoms. The first kappa shape index (κ1) is 19.3. The Balaban J connectivity index is 2.03. The summed E-state index contributed by atoms with van der Waals surface area (Å²) in [6.07, 6.45) is 7.94. The quantitative estimate of drug-likeness (QED) is 0.593. The third kappa shape index (κ3) is 4.33. The number of esters is 1.